The first-order valence-electron chi connectivity index (χ1n) is 3.14. The standard InChI is InChI=1S/C6H9O5P/c1-5(2)6(7)10-3-4-11-12(8)9/h1,3-4H2,2H3. The molecule has 0 saturated carbocycles. The van der Waals surface area contributed by atoms with Crippen molar-refractivity contribution < 1.29 is 23.2 Å². The van der Waals surface area contributed by atoms with Gasteiger partial charge in [-0.2, -0.15) is 0 Å². The highest BCUT2D eigenvalue weighted by molar-refractivity contribution is 7.24. The molecule has 0 unspecified atom stereocenters. The third-order valence-corrected chi connectivity index (χ3v) is 1.26. The number of esters is 1. The summed E-state index contributed by atoms with van der Waals surface area (Å²) in [5.74, 6) is -0.556. The van der Waals surface area contributed by atoms with E-state index in [4.69, 9.17) is 0 Å². The second-order valence-electron chi connectivity index (χ2n) is 1.97. The van der Waals surface area contributed by atoms with Crippen LogP contribution in [-0.4, -0.2) is 19.2 Å². The predicted molar refractivity (Wildman–Crippen MR) is 40.0 cm³/mol. The molecule has 0 aromatic rings. The van der Waals surface area contributed by atoms with Crippen LogP contribution in [0.25, 0.3) is 0 Å². The highest BCUT2D eigenvalue weighted by Gasteiger charge is 2.02. The van der Waals surface area contributed by atoms with E-state index in [2.05, 4.69) is 15.8 Å². The van der Waals surface area contributed by atoms with E-state index in [1.165, 1.54) is 6.92 Å². The number of hydrogen-bond acceptors (Lipinski definition) is 5. The van der Waals surface area contributed by atoms with Gasteiger partial charge < -0.3 is 4.74 Å². The summed E-state index contributed by atoms with van der Waals surface area (Å²) in [7, 11) is -2.86. The van der Waals surface area contributed by atoms with Crippen LogP contribution in [0.15, 0.2) is 12.2 Å². The topological polar surface area (TPSA) is 69.7 Å². The summed E-state index contributed by atoms with van der Waals surface area (Å²) in [6.45, 7) is 4.59. The molecule has 0 atom stereocenters. The number of carbonyl (C=O) groups excluding carboxylic acids is 1. The highest BCUT2D eigenvalue weighted by atomic mass is 31.1. The zero-order chi connectivity index (χ0) is 9.56. The summed E-state index contributed by atoms with van der Waals surface area (Å²) in [5, 5.41) is 0. The molecular formula is C6H9O5P. The minimum atomic E-state index is -2.86. The maximum Gasteiger partial charge on any atom is 0.468 e. The van der Waals surface area contributed by atoms with Crippen LogP contribution >= 0.6 is 7.91 Å². The van der Waals surface area contributed by atoms with Gasteiger partial charge in [0.25, 0.3) is 0 Å². The molecular weight excluding hydrogens is 183 g/mol. The third-order valence-electron chi connectivity index (χ3n) is 0.862. The van der Waals surface area contributed by atoms with Crippen LogP contribution in [-0.2, 0) is 23.2 Å². The minimum absolute atomic E-state index is 0.0883. The van der Waals surface area contributed by atoms with E-state index in [0.717, 1.165) is 0 Å². The summed E-state index contributed by atoms with van der Waals surface area (Å²) in [6.07, 6.45) is 0. The van der Waals surface area contributed by atoms with Gasteiger partial charge in [0.05, 0.1) is 6.61 Å². The molecule has 0 rings (SSSR count). The molecule has 5 nitrogen and oxygen atoms in total. The Labute approximate surface area is 70.3 Å². The molecule has 0 aliphatic rings. The summed E-state index contributed by atoms with van der Waals surface area (Å²) in [4.78, 5) is 10.7. The lowest BCUT2D eigenvalue weighted by molar-refractivity contribution is -0.139. The van der Waals surface area contributed by atoms with Crippen molar-refractivity contribution in [2.45, 2.75) is 6.92 Å². The molecule has 0 fully saturated rings. The van der Waals surface area contributed by atoms with Gasteiger partial charge in [-0.05, 0) is 6.92 Å². The molecule has 0 aromatic carbocycles. The van der Waals surface area contributed by atoms with Gasteiger partial charge >= 0.3 is 13.9 Å². The fourth-order valence-corrected chi connectivity index (χ4v) is 0.593. The van der Waals surface area contributed by atoms with E-state index in [-0.39, 0.29) is 18.8 Å². The maximum atomic E-state index is 10.7. The lowest BCUT2D eigenvalue weighted by atomic mass is 10.4. The van der Waals surface area contributed by atoms with E-state index >= 15 is 0 Å². The van der Waals surface area contributed by atoms with Gasteiger partial charge in [-0.3, -0.25) is 4.52 Å². The minimum Gasteiger partial charge on any atom is -0.460 e. The van der Waals surface area contributed by atoms with Gasteiger partial charge in [0.1, 0.15) is 6.61 Å². The average molecular weight is 192 g/mol. The van der Waals surface area contributed by atoms with E-state index in [0.29, 0.717) is 0 Å². The quantitative estimate of drug-likeness (QED) is 0.283. The Morgan fingerprint density at radius 1 is 1.42 bits per heavy atom. The van der Waals surface area contributed by atoms with Crippen molar-refractivity contribution in [1.29, 1.82) is 0 Å². The highest BCUT2D eigenvalue weighted by Crippen LogP contribution is 2.03. The number of rotatable bonds is 5. The van der Waals surface area contributed by atoms with Crippen molar-refractivity contribution in [2.75, 3.05) is 13.2 Å². The van der Waals surface area contributed by atoms with Gasteiger partial charge in [-0.15, -0.1) is 0 Å². The van der Waals surface area contributed by atoms with Crippen molar-refractivity contribution in [3.05, 3.63) is 12.2 Å². The molecule has 0 N–H and O–H groups in total. The number of carbonyl (C=O) groups is 1. The van der Waals surface area contributed by atoms with Crippen LogP contribution in [0.1, 0.15) is 6.92 Å². The molecule has 68 valence electrons. The molecule has 0 aliphatic heterocycles. The fraction of sp³-hybridized carbons (Fsp3) is 0.500. The Morgan fingerprint density at radius 2 is 2.00 bits per heavy atom. The Morgan fingerprint density at radius 3 is 2.42 bits per heavy atom. The Balaban J connectivity index is 3.44. The monoisotopic (exact) mass is 192 g/mol. The molecule has 0 saturated heterocycles. The van der Waals surface area contributed by atoms with E-state index in [1.54, 1.807) is 0 Å². The molecule has 0 amide bonds. The van der Waals surface area contributed by atoms with Crippen LogP contribution in [0.5, 0.6) is 0 Å². The Bertz CT molecular complexity index is 234. The van der Waals surface area contributed by atoms with Gasteiger partial charge in [0.15, 0.2) is 0 Å². The fourth-order valence-electron chi connectivity index (χ4n) is 0.369. The zero-order valence-corrected chi connectivity index (χ0v) is 7.50. The molecule has 0 aliphatic carbocycles. The maximum absolute atomic E-state index is 10.7. The first-order valence-corrected chi connectivity index (χ1v) is 4.23. The molecule has 0 aromatic heterocycles. The second kappa shape index (κ2) is 5.69. The summed E-state index contributed by atoms with van der Waals surface area (Å²) >= 11 is 0. The Hall–Kier alpha value is -0.930. The van der Waals surface area contributed by atoms with Crippen molar-refractivity contribution in [2.24, 2.45) is 0 Å². The molecule has 6 heteroatoms. The van der Waals surface area contributed by atoms with Crippen molar-refractivity contribution in [3.8, 4) is 0 Å². The molecule has 0 radical (unpaired) electrons. The average Bonchev–Trinajstić information content (AvgIpc) is 1.97. The predicted octanol–water partition coefficient (Wildman–Crippen LogP) is 1.21. The van der Waals surface area contributed by atoms with Crippen LogP contribution in [0.2, 0.25) is 0 Å². The number of hydrogen-bond donors (Lipinski definition) is 0. The summed E-state index contributed by atoms with van der Waals surface area (Å²) in [5.41, 5.74) is 0.265. The third kappa shape index (κ3) is 5.82. The molecule has 0 bridgehead atoms. The first-order chi connectivity index (χ1) is 5.54. The van der Waals surface area contributed by atoms with Crippen LogP contribution in [0, 0.1) is 0 Å². The zero-order valence-electron chi connectivity index (χ0n) is 6.61. The number of ether oxygens (including phenoxy) is 1. The smallest absolute Gasteiger partial charge is 0.460 e. The van der Waals surface area contributed by atoms with Gasteiger partial charge in [-0.25, -0.2) is 13.9 Å². The summed E-state index contributed by atoms with van der Waals surface area (Å²) in [6, 6.07) is 0. The van der Waals surface area contributed by atoms with Crippen LogP contribution in [0.4, 0.5) is 0 Å². The summed E-state index contributed by atoms with van der Waals surface area (Å²) < 4.78 is 28.3. The van der Waals surface area contributed by atoms with Crippen LogP contribution in [0.3, 0.4) is 0 Å². The Kier molecular flexibility index (Phi) is 5.25. The van der Waals surface area contributed by atoms with Gasteiger partial charge in [0, 0.05) is 5.57 Å². The SMILES string of the molecule is C=C(C)C(=O)OCCOP(=O)=O. The largest absolute Gasteiger partial charge is 0.468 e. The lowest BCUT2D eigenvalue weighted by Gasteiger charge is -2.00. The van der Waals surface area contributed by atoms with E-state index in [1.807, 2.05) is 0 Å². The molecule has 0 heterocycles. The lowest BCUT2D eigenvalue weighted by Crippen LogP contribution is -2.08. The molecule has 12 heavy (non-hydrogen) atoms. The van der Waals surface area contributed by atoms with Crippen molar-refractivity contribution >= 4 is 13.9 Å². The van der Waals surface area contributed by atoms with Crippen LogP contribution < -0.4 is 0 Å². The second-order valence-corrected chi connectivity index (χ2v) is 2.68. The van der Waals surface area contributed by atoms with Gasteiger partial charge in [-0.1, -0.05) is 6.58 Å². The van der Waals surface area contributed by atoms with E-state index in [9.17, 15) is 13.9 Å². The van der Waals surface area contributed by atoms with Crippen molar-refractivity contribution in [1.82, 2.24) is 0 Å². The first kappa shape index (κ1) is 11.1. The normalized spacial score (nSPS) is 9.08. The molecule has 0 spiro atoms. The van der Waals surface area contributed by atoms with E-state index < -0.39 is 13.9 Å². The van der Waals surface area contributed by atoms with Gasteiger partial charge in [0.2, 0.25) is 0 Å². The van der Waals surface area contributed by atoms with Crippen molar-refractivity contribution in [3.63, 3.8) is 0 Å².